The molecule has 108 valence electrons. The fourth-order valence-electron chi connectivity index (χ4n) is 3.99. The van der Waals surface area contributed by atoms with Gasteiger partial charge in [-0.05, 0) is 51.1 Å². The molecule has 4 unspecified atom stereocenters. The zero-order valence-electron chi connectivity index (χ0n) is 12.0. The molecule has 4 nitrogen and oxygen atoms in total. The molecular formula is C15H27N3O. The number of fused-ring (bicyclic) bond motifs is 2. The summed E-state index contributed by atoms with van der Waals surface area (Å²) in [5.74, 6) is 1.08. The fraction of sp³-hybridized carbons (Fsp3) is 0.933. The van der Waals surface area contributed by atoms with Crippen molar-refractivity contribution in [1.29, 1.82) is 0 Å². The van der Waals surface area contributed by atoms with Crippen LogP contribution in [0.5, 0.6) is 0 Å². The van der Waals surface area contributed by atoms with Crippen LogP contribution in [0, 0.1) is 11.8 Å². The first-order chi connectivity index (χ1) is 9.22. The Kier molecular flexibility index (Phi) is 4.08. The van der Waals surface area contributed by atoms with Crippen molar-refractivity contribution in [2.45, 2.75) is 51.1 Å². The van der Waals surface area contributed by atoms with Gasteiger partial charge in [-0.25, -0.2) is 0 Å². The first-order valence-corrected chi connectivity index (χ1v) is 7.98. The predicted octanol–water partition coefficient (Wildman–Crippen LogP) is 0.975. The van der Waals surface area contributed by atoms with Gasteiger partial charge in [-0.2, -0.15) is 0 Å². The van der Waals surface area contributed by atoms with Gasteiger partial charge in [0, 0.05) is 25.2 Å². The molecule has 0 saturated carbocycles. The van der Waals surface area contributed by atoms with Crippen LogP contribution in [0.2, 0.25) is 0 Å². The van der Waals surface area contributed by atoms with Gasteiger partial charge in [0.2, 0.25) is 5.91 Å². The number of hydrogen-bond acceptors (Lipinski definition) is 3. The minimum Gasteiger partial charge on any atom is -0.355 e. The molecule has 19 heavy (non-hydrogen) atoms. The first kappa shape index (κ1) is 13.4. The Labute approximate surface area is 116 Å². The molecule has 3 rings (SSSR count). The van der Waals surface area contributed by atoms with Crippen molar-refractivity contribution >= 4 is 5.91 Å². The molecule has 0 aromatic carbocycles. The number of hydrogen-bond donors (Lipinski definition) is 2. The molecule has 0 radical (unpaired) electrons. The summed E-state index contributed by atoms with van der Waals surface area (Å²) in [7, 11) is 0. The number of carbonyl (C=O) groups is 1. The van der Waals surface area contributed by atoms with Crippen LogP contribution in [-0.4, -0.2) is 49.1 Å². The summed E-state index contributed by atoms with van der Waals surface area (Å²) in [6, 6.07) is 1.07. The molecule has 2 bridgehead atoms. The second kappa shape index (κ2) is 5.80. The van der Waals surface area contributed by atoms with Gasteiger partial charge < -0.3 is 15.5 Å². The molecule has 3 aliphatic heterocycles. The molecule has 2 N–H and O–H groups in total. The van der Waals surface area contributed by atoms with E-state index in [0.717, 1.165) is 19.5 Å². The summed E-state index contributed by atoms with van der Waals surface area (Å²) in [5, 5.41) is 6.71. The molecular weight excluding hydrogens is 238 g/mol. The predicted molar refractivity (Wildman–Crippen MR) is 75.9 cm³/mol. The SMILES string of the molecule is CC(CNC(=O)C1CC2CCC1N2)CN1CCCC1. The van der Waals surface area contributed by atoms with E-state index in [2.05, 4.69) is 22.5 Å². The molecule has 0 aromatic rings. The van der Waals surface area contributed by atoms with Crippen molar-refractivity contribution in [3.63, 3.8) is 0 Å². The van der Waals surface area contributed by atoms with E-state index in [1.54, 1.807) is 0 Å². The summed E-state index contributed by atoms with van der Waals surface area (Å²) >= 11 is 0. The van der Waals surface area contributed by atoms with Gasteiger partial charge >= 0.3 is 0 Å². The van der Waals surface area contributed by atoms with Gasteiger partial charge in [0.1, 0.15) is 0 Å². The van der Waals surface area contributed by atoms with Gasteiger partial charge in [0.05, 0.1) is 5.92 Å². The molecule has 1 amide bonds. The highest BCUT2D eigenvalue weighted by atomic mass is 16.1. The number of amides is 1. The highest BCUT2D eigenvalue weighted by molar-refractivity contribution is 5.80. The van der Waals surface area contributed by atoms with Crippen molar-refractivity contribution in [2.75, 3.05) is 26.2 Å². The van der Waals surface area contributed by atoms with Crippen molar-refractivity contribution < 1.29 is 4.79 Å². The lowest BCUT2D eigenvalue weighted by atomic mass is 9.88. The van der Waals surface area contributed by atoms with Crippen LogP contribution in [0.4, 0.5) is 0 Å². The van der Waals surface area contributed by atoms with Crippen molar-refractivity contribution in [2.24, 2.45) is 11.8 Å². The van der Waals surface area contributed by atoms with Gasteiger partial charge in [0.15, 0.2) is 0 Å². The van der Waals surface area contributed by atoms with Crippen LogP contribution in [-0.2, 0) is 4.79 Å². The largest absolute Gasteiger partial charge is 0.355 e. The lowest BCUT2D eigenvalue weighted by Gasteiger charge is -2.23. The Balaban J connectivity index is 1.38. The zero-order chi connectivity index (χ0) is 13.2. The Hall–Kier alpha value is -0.610. The average Bonchev–Trinajstić information content (AvgIpc) is 3.12. The average molecular weight is 265 g/mol. The second-order valence-corrected chi connectivity index (χ2v) is 6.75. The molecule has 3 heterocycles. The highest BCUT2D eigenvalue weighted by Gasteiger charge is 2.42. The number of rotatable bonds is 5. The maximum absolute atomic E-state index is 12.2. The molecule has 0 spiro atoms. The minimum atomic E-state index is 0.234. The maximum atomic E-state index is 12.2. The van der Waals surface area contributed by atoms with Crippen molar-refractivity contribution in [3.8, 4) is 0 Å². The van der Waals surface area contributed by atoms with Crippen LogP contribution in [0.1, 0.15) is 39.0 Å². The van der Waals surface area contributed by atoms with E-state index >= 15 is 0 Å². The van der Waals surface area contributed by atoms with E-state index in [1.165, 1.54) is 38.8 Å². The number of likely N-dealkylation sites (tertiary alicyclic amines) is 1. The number of carbonyl (C=O) groups excluding carboxylic acids is 1. The van der Waals surface area contributed by atoms with E-state index in [4.69, 9.17) is 0 Å². The Morgan fingerprint density at radius 2 is 2.16 bits per heavy atom. The fourth-order valence-corrected chi connectivity index (χ4v) is 3.99. The zero-order valence-corrected chi connectivity index (χ0v) is 12.0. The van der Waals surface area contributed by atoms with E-state index in [0.29, 0.717) is 18.0 Å². The van der Waals surface area contributed by atoms with E-state index in [-0.39, 0.29) is 11.8 Å². The number of nitrogens with one attached hydrogen (secondary N) is 2. The Bertz CT molecular complexity index is 327. The third-order valence-electron chi connectivity index (χ3n) is 5.03. The highest BCUT2D eigenvalue weighted by Crippen LogP contribution is 2.33. The van der Waals surface area contributed by atoms with Crippen molar-refractivity contribution in [3.05, 3.63) is 0 Å². The van der Waals surface area contributed by atoms with Gasteiger partial charge in [-0.1, -0.05) is 6.92 Å². The summed E-state index contributed by atoms with van der Waals surface area (Å²) in [5.41, 5.74) is 0. The second-order valence-electron chi connectivity index (χ2n) is 6.75. The maximum Gasteiger partial charge on any atom is 0.224 e. The Morgan fingerprint density at radius 1 is 1.37 bits per heavy atom. The number of nitrogens with zero attached hydrogens (tertiary/aromatic N) is 1. The first-order valence-electron chi connectivity index (χ1n) is 7.98. The van der Waals surface area contributed by atoms with Gasteiger partial charge in [-0.3, -0.25) is 4.79 Å². The molecule has 4 atom stereocenters. The van der Waals surface area contributed by atoms with E-state index in [9.17, 15) is 4.79 Å². The smallest absolute Gasteiger partial charge is 0.224 e. The summed E-state index contributed by atoms with van der Waals surface area (Å²) in [4.78, 5) is 14.7. The summed E-state index contributed by atoms with van der Waals surface area (Å²) in [6.07, 6.45) is 6.19. The summed E-state index contributed by atoms with van der Waals surface area (Å²) in [6.45, 7) is 6.71. The lowest BCUT2D eigenvalue weighted by molar-refractivity contribution is -0.125. The topological polar surface area (TPSA) is 44.4 Å². The van der Waals surface area contributed by atoms with Gasteiger partial charge in [0.25, 0.3) is 0 Å². The quantitative estimate of drug-likeness (QED) is 0.779. The molecule has 0 aliphatic carbocycles. The molecule has 3 fully saturated rings. The summed E-state index contributed by atoms with van der Waals surface area (Å²) < 4.78 is 0. The van der Waals surface area contributed by atoms with Crippen molar-refractivity contribution in [1.82, 2.24) is 15.5 Å². The van der Waals surface area contributed by atoms with Crippen LogP contribution in [0.25, 0.3) is 0 Å². The minimum absolute atomic E-state index is 0.234. The standard InChI is InChI=1S/C15H27N3O/c1-11(10-18-6-2-3-7-18)9-16-15(19)13-8-12-4-5-14(13)17-12/h11-14,17H,2-10H2,1H3,(H,16,19). The van der Waals surface area contributed by atoms with E-state index in [1.807, 2.05) is 0 Å². The Morgan fingerprint density at radius 3 is 2.79 bits per heavy atom. The van der Waals surface area contributed by atoms with Crippen LogP contribution >= 0.6 is 0 Å². The third kappa shape index (κ3) is 3.11. The van der Waals surface area contributed by atoms with Crippen LogP contribution in [0.3, 0.4) is 0 Å². The molecule has 0 aromatic heterocycles. The third-order valence-corrected chi connectivity index (χ3v) is 5.03. The normalized spacial score (nSPS) is 35.7. The monoisotopic (exact) mass is 265 g/mol. The lowest BCUT2D eigenvalue weighted by Crippen LogP contribution is -2.41. The van der Waals surface area contributed by atoms with E-state index < -0.39 is 0 Å². The van der Waals surface area contributed by atoms with Crippen LogP contribution < -0.4 is 10.6 Å². The molecule has 3 saturated heterocycles. The van der Waals surface area contributed by atoms with Gasteiger partial charge in [-0.15, -0.1) is 0 Å². The molecule has 4 heteroatoms. The molecule has 3 aliphatic rings. The van der Waals surface area contributed by atoms with Crippen LogP contribution in [0.15, 0.2) is 0 Å².